The van der Waals surface area contributed by atoms with Gasteiger partial charge in [0.2, 0.25) is 0 Å². The summed E-state index contributed by atoms with van der Waals surface area (Å²) in [6, 6.07) is 1.59. The molecular weight excluding hydrogens is 266 g/mol. The average molecular weight is 283 g/mol. The summed E-state index contributed by atoms with van der Waals surface area (Å²) in [5, 5.41) is 5.00. The van der Waals surface area contributed by atoms with Gasteiger partial charge in [0.1, 0.15) is 0 Å². The summed E-state index contributed by atoms with van der Waals surface area (Å²) < 4.78 is 3.49. The van der Waals surface area contributed by atoms with Gasteiger partial charge in [0.15, 0.2) is 0 Å². The van der Waals surface area contributed by atoms with Crippen LogP contribution in [-0.2, 0) is 7.05 Å². The SMILES string of the molecule is Cc1nn(C)c(C)c1[C@@H](C)n1cnc2cnccc2c1=O. The molecule has 3 aromatic rings. The van der Waals surface area contributed by atoms with Crippen molar-refractivity contribution in [1.29, 1.82) is 0 Å². The summed E-state index contributed by atoms with van der Waals surface area (Å²) in [6.45, 7) is 5.96. The molecule has 3 rings (SSSR count). The van der Waals surface area contributed by atoms with Gasteiger partial charge in [-0.05, 0) is 26.8 Å². The van der Waals surface area contributed by atoms with E-state index in [2.05, 4.69) is 15.1 Å². The van der Waals surface area contributed by atoms with E-state index in [1.54, 1.807) is 29.4 Å². The van der Waals surface area contributed by atoms with Crippen molar-refractivity contribution in [3.05, 3.63) is 52.1 Å². The van der Waals surface area contributed by atoms with E-state index in [-0.39, 0.29) is 11.6 Å². The van der Waals surface area contributed by atoms with Crippen molar-refractivity contribution < 1.29 is 0 Å². The molecule has 0 amide bonds. The Hall–Kier alpha value is -2.50. The second kappa shape index (κ2) is 4.80. The van der Waals surface area contributed by atoms with Crippen molar-refractivity contribution >= 4 is 10.9 Å². The average Bonchev–Trinajstić information content (AvgIpc) is 2.72. The maximum absolute atomic E-state index is 12.6. The van der Waals surface area contributed by atoms with Crippen molar-refractivity contribution in [2.24, 2.45) is 7.05 Å². The Morgan fingerprint density at radius 3 is 2.71 bits per heavy atom. The molecule has 0 aliphatic carbocycles. The lowest BCUT2D eigenvalue weighted by Crippen LogP contribution is -2.25. The van der Waals surface area contributed by atoms with Gasteiger partial charge in [0, 0.05) is 24.5 Å². The van der Waals surface area contributed by atoms with Crippen molar-refractivity contribution in [1.82, 2.24) is 24.3 Å². The van der Waals surface area contributed by atoms with Gasteiger partial charge in [-0.3, -0.25) is 19.0 Å². The molecular formula is C15H17N5O. The lowest BCUT2D eigenvalue weighted by atomic mass is 10.1. The summed E-state index contributed by atoms with van der Waals surface area (Å²) in [5.41, 5.74) is 3.61. The first-order valence-electron chi connectivity index (χ1n) is 6.81. The topological polar surface area (TPSA) is 65.6 Å². The zero-order valence-electron chi connectivity index (χ0n) is 12.5. The Morgan fingerprint density at radius 1 is 1.29 bits per heavy atom. The van der Waals surface area contributed by atoms with Gasteiger partial charge >= 0.3 is 0 Å². The van der Waals surface area contributed by atoms with Crippen LogP contribution in [-0.4, -0.2) is 24.3 Å². The highest BCUT2D eigenvalue weighted by molar-refractivity contribution is 5.75. The number of rotatable bonds is 2. The van der Waals surface area contributed by atoms with E-state index < -0.39 is 0 Å². The maximum atomic E-state index is 12.6. The molecule has 0 aliphatic heterocycles. The molecule has 0 spiro atoms. The minimum Gasteiger partial charge on any atom is -0.291 e. The highest BCUT2D eigenvalue weighted by Crippen LogP contribution is 2.23. The Bertz CT molecular complexity index is 877. The monoisotopic (exact) mass is 283 g/mol. The number of hydrogen-bond acceptors (Lipinski definition) is 4. The molecule has 6 heteroatoms. The zero-order chi connectivity index (χ0) is 15.1. The molecule has 0 N–H and O–H groups in total. The van der Waals surface area contributed by atoms with E-state index in [9.17, 15) is 4.79 Å². The van der Waals surface area contributed by atoms with Crippen LogP contribution >= 0.6 is 0 Å². The standard InChI is InChI=1S/C15H17N5O/c1-9-14(10(2)19(4)18-9)11(3)20-8-17-13-7-16-6-5-12(13)15(20)21/h5-8,11H,1-4H3/t11-/m1/s1. The zero-order valence-corrected chi connectivity index (χ0v) is 12.5. The van der Waals surface area contributed by atoms with E-state index in [0.29, 0.717) is 10.9 Å². The molecule has 1 atom stereocenters. The summed E-state index contributed by atoms with van der Waals surface area (Å²) in [4.78, 5) is 21.0. The Morgan fingerprint density at radius 2 is 2.05 bits per heavy atom. The summed E-state index contributed by atoms with van der Waals surface area (Å²) in [7, 11) is 1.91. The van der Waals surface area contributed by atoms with Crippen LogP contribution in [0.3, 0.4) is 0 Å². The summed E-state index contributed by atoms with van der Waals surface area (Å²) in [5.74, 6) is 0. The lowest BCUT2D eigenvalue weighted by Gasteiger charge is -2.16. The highest BCUT2D eigenvalue weighted by Gasteiger charge is 2.19. The molecule has 0 saturated carbocycles. The molecule has 0 radical (unpaired) electrons. The number of nitrogens with zero attached hydrogens (tertiary/aromatic N) is 5. The number of aryl methyl sites for hydroxylation is 2. The predicted octanol–water partition coefficient (Wildman–Crippen LogP) is 1.75. The van der Waals surface area contributed by atoms with Crippen LogP contribution in [0.15, 0.2) is 29.6 Å². The molecule has 0 unspecified atom stereocenters. The van der Waals surface area contributed by atoms with Gasteiger partial charge in [-0.25, -0.2) is 4.98 Å². The van der Waals surface area contributed by atoms with Gasteiger partial charge in [-0.1, -0.05) is 0 Å². The lowest BCUT2D eigenvalue weighted by molar-refractivity contribution is 0.601. The number of hydrogen-bond donors (Lipinski definition) is 0. The van der Waals surface area contributed by atoms with Crippen LogP contribution < -0.4 is 5.56 Å². The first-order chi connectivity index (χ1) is 10.0. The number of pyridine rings is 1. The van der Waals surface area contributed by atoms with E-state index in [4.69, 9.17) is 0 Å². The molecule has 108 valence electrons. The number of aromatic nitrogens is 5. The van der Waals surface area contributed by atoms with Crippen molar-refractivity contribution in [3.8, 4) is 0 Å². The van der Waals surface area contributed by atoms with Crippen LogP contribution in [0.1, 0.15) is 29.9 Å². The smallest absolute Gasteiger partial charge is 0.261 e. The minimum atomic E-state index is -0.115. The minimum absolute atomic E-state index is 0.0578. The van der Waals surface area contributed by atoms with Gasteiger partial charge in [-0.15, -0.1) is 0 Å². The Balaban J connectivity index is 2.20. The van der Waals surface area contributed by atoms with Crippen LogP contribution in [0.5, 0.6) is 0 Å². The van der Waals surface area contributed by atoms with E-state index in [0.717, 1.165) is 17.0 Å². The fourth-order valence-corrected chi connectivity index (χ4v) is 2.80. The third-order valence-electron chi connectivity index (χ3n) is 3.99. The second-order valence-electron chi connectivity index (χ2n) is 5.23. The van der Waals surface area contributed by atoms with E-state index in [1.807, 2.05) is 32.5 Å². The Labute approximate surface area is 122 Å². The second-order valence-corrected chi connectivity index (χ2v) is 5.23. The van der Waals surface area contributed by atoms with Gasteiger partial charge < -0.3 is 0 Å². The van der Waals surface area contributed by atoms with Crippen LogP contribution in [0.2, 0.25) is 0 Å². The van der Waals surface area contributed by atoms with E-state index >= 15 is 0 Å². The van der Waals surface area contributed by atoms with Crippen LogP contribution in [0.25, 0.3) is 10.9 Å². The molecule has 3 aromatic heterocycles. The van der Waals surface area contributed by atoms with E-state index in [1.165, 1.54) is 0 Å². The fraction of sp³-hybridized carbons (Fsp3) is 0.333. The van der Waals surface area contributed by atoms with Gasteiger partial charge in [0.25, 0.3) is 5.56 Å². The third-order valence-corrected chi connectivity index (χ3v) is 3.99. The van der Waals surface area contributed by atoms with Crippen molar-refractivity contribution in [2.75, 3.05) is 0 Å². The van der Waals surface area contributed by atoms with Crippen molar-refractivity contribution in [2.45, 2.75) is 26.8 Å². The molecule has 3 heterocycles. The largest absolute Gasteiger partial charge is 0.291 e. The number of fused-ring (bicyclic) bond motifs is 1. The molecule has 0 bridgehead atoms. The third kappa shape index (κ3) is 2.03. The first kappa shape index (κ1) is 13.5. The summed E-state index contributed by atoms with van der Waals surface area (Å²) >= 11 is 0. The van der Waals surface area contributed by atoms with Gasteiger partial charge in [0.05, 0.1) is 35.2 Å². The quantitative estimate of drug-likeness (QED) is 0.718. The molecule has 21 heavy (non-hydrogen) atoms. The normalized spacial score (nSPS) is 12.8. The highest BCUT2D eigenvalue weighted by atomic mass is 16.1. The Kier molecular flexibility index (Phi) is 3.08. The predicted molar refractivity (Wildman–Crippen MR) is 80.3 cm³/mol. The van der Waals surface area contributed by atoms with Crippen molar-refractivity contribution in [3.63, 3.8) is 0 Å². The molecule has 0 saturated heterocycles. The molecule has 0 aromatic carbocycles. The van der Waals surface area contributed by atoms with Crippen LogP contribution in [0, 0.1) is 13.8 Å². The molecule has 6 nitrogen and oxygen atoms in total. The first-order valence-corrected chi connectivity index (χ1v) is 6.81. The molecule has 0 aliphatic rings. The fourth-order valence-electron chi connectivity index (χ4n) is 2.80. The van der Waals surface area contributed by atoms with Gasteiger partial charge in [-0.2, -0.15) is 5.10 Å². The molecule has 0 fully saturated rings. The van der Waals surface area contributed by atoms with Crippen LogP contribution in [0.4, 0.5) is 0 Å². The summed E-state index contributed by atoms with van der Waals surface area (Å²) in [6.07, 6.45) is 4.80. The maximum Gasteiger partial charge on any atom is 0.261 e.